The molecule has 4 rings (SSSR count). The summed E-state index contributed by atoms with van der Waals surface area (Å²) in [7, 11) is 2.84. The zero-order chi connectivity index (χ0) is 22.7. The summed E-state index contributed by atoms with van der Waals surface area (Å²) in [6, 6.07) is 12.6. The monoisotopic (exact) mass is 437 g/mol. The summed E-state index contributed by atoms with van der Waals surface area (Å²) in [5, 5.41) is 0. The first-order chi connectivity index (χ1) is 15.5. The molecule has 0 aromatic heterocycles. The second-order valence-corrected chi connectivity index (χ2v) is 8.21. The van der Waals surface area contributed by atoms with E-state index in [9.17, 15) is 14.4 Å². The van der Waals surface area contributed by atoms with Crippen molar-refractivity contribution >= 4 is 17.8 Å². The average Bonchev–Trinajstić information content (AvgIpc) is 3.23. The number of methoxy groups -OCH3 is 2. The number of carbonyl (C=O) groups is 3. The molecular weight excluding hydrogens is 410 g/mol. The molecule has 2 fully saturated rings. The molecule has 1 heterocycles. The van der Waals surface area contributed by atoms with Crippen LogP contribution >= 0.6 is 0 Å². The summed E-state index contributed by atoms with van der Waals surface area (Å²) in [6.07, 6.45) is 4.61. The molecule has 7 heteroatoms. The summed E-state index contributed by atoms with van der Waals surface area (Å²) in [6.45, 7) is 0. The van der Waals surface area contributed by atoms with Crippen LogP contribution in [-0.2, 0) is 9.53 Å². The Morgan fingerprint density at radius 3 is 2.38 bits per heavy atom. The fourth-order valence-corrected chi connectivity index (χ4v) is 4.88. The van der Waals surface area contributed by atoms with Crippen molar-refractivity contribution in [2.75, 3.05) is 14.2 Å². The van der Waals surface area contributed by atoms with Gasteiger partial charge in [-0.2, -0.15) is 0 Å². The number of esters is 2. The van der Waals surface area contributed by atoms with Gasteiger partial charge in [-0.3, -0.25) is 4.79 Å². The zero-order valence-electron chi connectivity index (χ0n) is 18.3. The molecule has 2 aromatic carbocycles. The second-order valence-electron chi connectivity index (χ2n) is 8.21. The van der Waals surface area contributed by atoms with E-state index in [1.807, 2.05) is 6.07 Å². The molecule has 0 N–H and O–H groups in total. The van der Waals surface area contributed by atoms with Crippen molar-refractivity contribution in [2.45, 2.75) is 44.2 Å². The second kappa shape index (κ2) is 9.42. The van der Waals surface area contributed by atoms with Gasteiger partial charge in [0, 0.05) is 6.04 Å². The summed E-state index contributed by atoms with van der Waals surface area (Å²) >= 11 is 0. The number of amides is 1. The number of benzene rings is 2. The van der Waals surface area contributed by atoms with Gasteiger partial charge >= 0.3 is 11.9 Å². The molecular formula is C25H27NO6. The lowest BCUT2D eigenvalue weighted by atomic mass is 9.84. The van der Waals surface area contributed by atoms with E-state index in [0.29, 0.717) is 29.0 Å². The molecule has 1 aliphatic carbocycles. The fourth-order valence-electron chi connectivity index (χ4n) is 4.88. The maximum absolute atomic E-state index is 13.6. The third-order valence-electron chi connectivity index (χ3n) is 6.43. The largest absolute Gasteiger partial charge is 0.496 e. The lowest BCUT2D eigenvalue weighted by Crippen LogP contribution is -2.47. The number of hydrogen-bond donors (Lipinski definition) is 0. The zero-order valence-corrected chi connectivity index (χ0v) is 18.3. The minimum Gasteiger partial charge on any atom is -0.496 e. The first kappa shape index (κ1) is 21.9. The van der Waals surface area contributed by atoms with Crippen molar-refractivity contribution in [3.63, 3.8) is 0 Å². The maximum atomic E-state index is 13.6. The highest BCUT2D eigenvalue weighted by molar-refractivity contribution is 6.00. The Morgan fingerprint density at radius 1 is 0.938 bits per heavy atom. The molecule has 7 nitrogen and oxygen atoms in total. The van der Waals surface area contributed by atoms with Gasteiger partial charge in [-0.15, -0.1) is 0 Å². The Labute approximate surface area is 187 Å². The Morgan fingerprint density at radius 2 is 1.66 bits per heavy atom. The number of para-hydroxylation sites is 1. The molecule has 1 amide bonds. The predicted octanol–water partition coefficient (Wildman–Crippen LogP) is 3.86. The summed E-state index contributed by atoms with van der Waals surface area (Å²) < 4.78 is 15.7. The van der Waals surface area contributed by atoms with Crippen LogP contribution < -0.4 is 9.47 Å². The number of nitrogens with zero attached hydrogens (tertiary/aromatic N) is 1. The number of fused-ring (bicyclic) bond motifs is 1. The van der Waals surface area contributed by atoms with E-state index in [4.69, 9.17) is 14.2 Å². The standard InChI is InChI=1S/C25H27NO6/c1-30-22-10-6-4-8-19(22)23(27)26-20-9-5-3-7-17(20)15-21(26)25(29)32-18-13-11-16(12-14-18)24(28)31-2/h4,6,8,10-14,17,20-21H,3,5,7,9,15H2,1-2H3. The lowest BCUT2D eigenvalue weighted by molar-refractivity contribution is -0.139. The molecule has 3 atom stereocenters. The molecule has 0 bridgehead atoms. The van der Waals surface area contributed by atoms with Crippen molar-refractivity contribution in [3.05, 3.63) is 59.7 Å². The molecule has 1 saturated heterocycles. The highest BCUT2D eigenvalue weighted by Crippen LogP contribution is 2.41. The van der Waals surface area contributed by atoms with E-state index in [0.717, 1.165) is 25.7 Å². The van der Waals surface area contributed by atoms with Crippen LogP contribution in [0.4, 0.5) is 0 Å². The van der Waals surface area contributed by atoms with Crippen molar-refractivity contribution < 1.29 is 28.6 Å². The average molecular weight is 437 g/mol. The normalized spacial score (nSPS) is 22.1. The molecule has 3 unspecified atom stereocenters. The highest BCUT2D eigenvalue weighted by atomic mass is 16.5. The maximum Gasteiger partial charge on any atom is 0.337 e. The number of likely N-dealkylation sites (tertiary alicyclic amines) is 1. The van der Waals surface area contributed by atoms with Crippen LogP contribution in [0, 0.1) is 5.92 Å². The van der Waals surface area contributed by atoms with Crippen LogP contribution in [-0.4, -0.2) is 49.0 Å². The van der Waals surface area contributed by atoms with Gasteiger partial charge in [0.15, 0.2) is 0 Å². The summed E-state index contributed by atoms with van der Waals surface area (Å²) in [5.74, 6) is -0.0456. The minimum atomic E-state index is -0.666. The van der Waals surface area contributed by atoms with Crippen molar-refractivity contribution in [1.82, 2.24) is 4.90 Å². The van der Waals surface area contributed by atoms with Crippen molar-refractivity contribution in [1.29, 1.82) is 0 Å². The van der Waals surface area contributed by atoms with Gasteiger partial charge in [0.25, 0.3) is 5.91 Å². The fraction of sp³-hybridized carbons (Fsp3) is 0.400. The van der Waals surface area contributed by atoms with E-state index in [2.05, 4.69) is 0 Å². The number of rotatable bonds is 5. The van der Waals surface area contributed by atoms with E-state index in [1.165, 1.54) is 14.2 Å². The van der Waals surface area contributed by atoms with Crippen LogP contribution in [0.25, 0.3) is 0 Å². The Bertz CT molecular complexity index is 1000. The van der Waals surface area contributed by atoms with Crippen LogP contribution in [0.15, 0.2) is 48.5 Å². The molecule has 0 radical (unpaired) electrons. The van der Waals surface area contributed by atoms with Gasteiger partial charge in [-0.1, -0.05) is 25.0 Å². The van der Waals surface area contributed by atoms with Gasteiger partial charge < -0.3 is 19.1 Å². The SMILES string of the molecule is COC(=O)c1ccc(OC(=O)C2CC3CCCCC3N2C(=O)c2ccccc2OC)cc1. The van der Waals surface area contributed by atoms with Crippen molar-refractivity contribution in [2.24, 2.45) is 5.92 Å². The molecule has 2 aliphatic rings. The van der Waals surface area contributed by atoms with Gasteiger partial charge in [0.1, 0.15) is 17.5 Å². The topological polar surface area (TPSA) is 82.1 Å². The van der Waals surface area contributed by atoms with Gasteiger partial charge in [-0.05, 0) is 61.6 Å². The van der Waals surface area contributed by atoms with Crippen LogP contribution in [0.5, 0.6) is 11.5 Å². The van der Waals surface area contributed by atoms with E-state index in [1.54, 1.807) is 47.4 Å². The molecule has 1 saturated carbocycles. The summed E-state index contributed by atoms with van der Waals surface area (Å²) in [5.41, 5.74) is 0.814. The molecule has 1 aliphatic heterocycles. The van der Waals surface area contributed by atoms with Crippen LogP contribution in [0.3, 0.4) is 0 Å². The first-order valence-corrected chi connectivity index (χ1v) is 10.9. The van der Waals surface area contributed by atoms with E-state index >= 15 is 0 Å². The predicted molar refractivity (Wildman–Crippen MR) is 117 cm³/mol. The Kier molecular flexibility index (Phi) is 6.44. The van der Waals surface area contributed by atoms with Crippen molar-refractivity contribution in [3.8, 4) is 11.5 Å². The van der Waals surface area contributed by atoms with Gasteiger partial charge in [-0.25, -0.2) is 9.59 Å². The van der Waals surface area contributed by atoms with Crippen LogP contribution in [0.1, 0.15) is 52.8 Å². The molecule has 0 spiro atoms. The third-order valence-corrected chi connectivity index (χ3v) is 6.43. The number of ether oxygens (including phenoxy) is 3. The van der Waals surface area contributed by atoms with E-state index in [-0.39, 0.29) is 17.9 Å². The smallest absolute Gasteiger partial charge is 0.337 e. The van der Waals surface area contributed by atoms with Gasteiger partial charge in [0.2, 0.25) is 0 Å². The Balaban J connectivity index is 1.58. The molecule has 32 heavy (non-hydrogen) atoms. The quantitative estimate of drug-likeness (QED) is 0.522. The number of carbonyl (C=O) groups excluding carboxylic acids is 3. The molecule has 2 aromatic rings. The molecule has 168 valence electrons. The van der Waals surface area contributed by atoms with Gasteiger partial charge in [0.05, 0.1) is 25.3 Å². The lowest BCUT2D eigenvalue weighted by Gasteiger charge is -2.33. The third kappa shape index (κ3) is 4.20. The Hall–Kier alpha value is -3.35. The minimum absolute atomic E-state index is 0.0143. The highest BCUT2D eigenvalue weighted by Gasteiger charge is 2.48. The first-order valence-electron chi connectivity index (χ1n) is 10.9. The van der Waals surface area contributed by atoms with Crippen LogP contribution in [0.2, 0.25) is 0 Å². The number of hydrogen-bond acceptors (Lipinski definition) is 6. The van der Waals surface area contributed by atoms with E-state index < -0.39 is 18.0 Å². The summed E-state index contributed by atoms with van der Waals surface area (Å²) in [4.78, 5) is 40.1.